The van der Waals surface area contributed by atoms with Crippen LogP contribution >= 0.6 is 0 Å². The third-order valence-electron chi connectivity index (χ3n) is 11.6. The highest BCUT2D eigenvalue weighted by Crippen LogP contribution is 2.68. The molecule has 5 fully saturated rings. The Balaban J connectivity index is 1.41. The van der Waals surface area contributed by atoms with Crippen LogP contribution in [-0.4, -0.2) is 45.7 Å². The minimum Gasteiger partial charge on any atom is -0.462 e. The molecule has 32 heavy (non-hydrogen) atoms. The number of hydrogen-bond donors (Lipinski definition) is 3. The molecule has 0 bridgehead atoms. The molecule has 1 aliphatic heterocycles. The molecule has 4 aliphatic carbocycles. The van der Waals surface area contributed by atoms with E-state index in [-0.39, 0.29) is 52.9 Å². The van der Waals surface area contributed by atoms with Gasteiger partial charge in [0.15, 0.2) is 0 Å². The number of rotatable bonds is 2. The highest BCUT2D eigenvalue weighted by molar-refractivity contribution is 5.72. The summed E-state index contributed by atoms with van der Waals surface area (Å²) in [6.07, 6.45) is 7.02. The Kier molecular flexibility index (Phi) is 5.74. The highest BCUT2D eigenvalue weighted by atomic mass is 16.5. The van der Waals surface area contributed by atoms with E-state index < -0.39 is 6.10 Å². The number of aliphatic hydroxyl groups excluding tert-OH is 3. The molecule has 0 aromatic carbocycles. The Morgan fingerprint density at radius 2 is 1.72 bits per heavy atom. The van der Waals surface area contributed by atoms with Gasteiger partial charge in [-0.15, -0.1) is 0 Å². The average Bonchev–Trinajstić information content (AvgIpc) is 3.10. The van der Waals surface area contributed by atoms with Crippen LogP contribution in [0, 0.1) is 52.3 Å². The zero-order valence-electron chi connectivity index (χ0n) is 20.4. The van der Waals surface area contributed by atoms with Gasteiger partial charge in [-0.3, -0.25) is 4.79 Å². The van der Waals surface area contributed by atoms with Gasteiger partial charge in [0.25, 0.3) is 0 Å². The van der Waals surface area contributed by atoms with Crippen molar-refractivity contribution in [2.45, 2.75) is 110 Å². The zero-order chi connectivity index (χ0) is 23.0. The Morgan fingerprint density at radius 3 is 2.44 bits per heavy atom. The van der Waals surface area contributed by atoms with Gasteiger partial charge < -0.3 is 20.1 Å². The first-order valence-corrected chi connectivity index (χ1v) is 13.3. The topological polar surface area (TPSA) is 87.0 Å². The lowest BCUT2D eigenvalue weighted by Crippen LogP contribution is -2.62. The quantitative estimate of drug-likeness (QED) is 0.557. The fourth-order valence-corrected chi connectivity index (χ4v) is 9.55. The first kappa shape index (κ1) is 23.1. The van der Waals surface area contributed by atoms with E-state index in [0.717, 1.165) is 57.8 Å². The molecule has 5 heteroatoms. The van der Waals surface area contributed by atoms with Crippen molar-refractivity contribution in [2.75, 3.05) is 0 Å². The lowest BCUT2D eigenvalue weighted by atomic mass is 9.43. The molecule has 0 aromatic rings. The lowest BCUT2D eigenvalue weighted by Gasteiger charge is -2.63. The molecule has 0 amide bonds. The summed E-state index contributed by atoms with van der Waals surface area (Å²) >= 11 is 0. The largest absolute Gasteiger partial charge is 0.462 e. The molecule has 182 valence electrons. The summed E-state index contributed by atoms with van der Waals surface area (Å²) in [4.78, 5) is 12.3. The van der Waals surface area contributed by atoms with Crippen molar-refractivity contribution in [3.63, 3.8) is 0 Å². The number of carbonyl (C=O) groups is 1. The smallest absolute Gasteiger partial charge is 0.308 e. The molecule has 3 N–H and O–H groups in total. The monoisotopic (exact) mass is 448 g/mol. The number of hydrogen-bond acceptors (Lipinski definition) is 5. The number of carbonyl (C=O) groups excluding carboxylic acids is 1. The molecule has 1 saturated heterocycles. The van der Waals surface area contributed by atoms with Crippen LogP contribution in [0.3, 0.4) is 0 Å². The molecule has 0 aromatic heterocycles. The van der Waals surface area contributed by atoms with Crippen molar-refractivity contribution < 1.29 is 24.9 Å². The first-order valence-electron chi connectivity index (χ1n) is 13.3. The van der Waals surface area contributed by atoms with E-state index in [4.69, 9.17) is 4.74 Å². The van der Waals surface area contributed by atoms with E-state index in [9.17, 15) is 20.1 Å². The third kappa shape index (κ3) is 3.24. The van der Waals surface area contributed by atoms with Crippen molar-refractivity contribution in [2.24, 2.45) is 52.3 Å². The van der Waals surface area contributed by atoms with E-state index in [1.54, 1.807) is 0 Å². The molecular formula is C27H44O5. The van der Waals surface area contributed by atoms with Gasteiger partial charge in [0.1, 0.15) is 6.10 Å². The van der Waals surface area contributed by atoms with E-state index in [1.807, 2.05) is 6.92 Å². The van der Waals surface area contributed by atoms with Crippen molar-refractivity contribution in [3.05, 3.63) is 0 Å². The number of esters is 1. The second-order valence-electron chi connectivity index (χ2n) is 12.8. The van der Waals surface area contributed by atoms with Crippen LogP contribution in [0.15, 0.2) is 0 Å². The maximum absolute atomic E-state index is 12.3. The number of fused-ring (bicyclic) bond motifs is 5. The second-order valence-corrected chi connectivity index (χ2v) is 12.8. The molecule has 5 nitrogen and oxygen atoms in total. The summed E-state index contributed by atoms with van der Waals surface area (Å²) in [6.45, 7) is 8.82. The fourth-order valence-electron chi connectivity index (χ4n) is 9.55. The second kappa shape index (κ2) is 7.95. The van der Waals surface area contributed by atoms with Crippen molar-refractivity contribution in [1.82, 2.24) is 0 Å². The van der Waals surface area contributed by atoms with Crippen LogP contribution in [0.4, 0.5) is 0 Å². The zero-order valence-corrected chi connectivity index (χ0v) is 20.4. The normalized spacial score (nSPS) is 56.5. The van der Waals surface area contributed by atoms with E-state index in [0.29, 0.717) is 23.7 Å². The van der Waals surface area contributed by atoms with Crippen molar-refractivity contribution in [1.29, 1.82) is 0 Å². The average molecular weight is 449 g/mol. The number of aliphatic hydroxyl groups is 3. The lowest BCUT2D eigenvalue weighted by molar-refractivity contribution is -0.210. The Morgan fingerprint density at radius 1 is 0.969 bits per heavy atom. The van der Waals surface area contributed by atoms with Gasteiger partial charge in [0.2, 0.25) is 0 Å². The van der Waals surface area contributed by atoms with Crippen LogP contribution in [0.25, 0.3) is 0 Å². The minimum atomic E-state index is -0.392. The van der Waals surface area contributed by atoms with E-state index >= 15 is 0 Å². The number of ether oxygens (including phenoxy) is 1. The van der Waals surface area contributed by atoms with Gasteiger partial charge in [-0.05, 0) is 104 Å². The van der Waals surface area contributed by atoms with Crippen LogP contribution in [0.1, 0.15) is 85.5 Å². The van der Waals surface area contributed by atoms with Crippen LogP contribution < -0.4 is 0 Å². The standard InChI is InChI=1S/C27H44O5/c1-14-5-8-22(32-25(14)31)15(2)18-6-7-19-24-20(13-23(30)27(18,19)4)26(3)10-9-17(28)11-16(26)12-21(24)29/h14-24,28-30H,5-13H2,1-4H3/t14-,15+,16+,17-,18-,19+,20-,21-,22+,23+,24+,26+,27-/m1/s1. The van der Waals surface area contributed by atoms with E-state index in [2.05, 4.69) is 20.8 Å². The third-order valence-corrected chi connectivity index (χ3v) is 11.6. The Bertz CT molecular complexity index is 740. The molecule has 0 unspecified atom stereocenters. The summed E-state index contributed by atoms with van der Waals surface area (Å²) in [5.41, 5.74) is -0.140. The maximum atomic E-state index is 12.3. The van der Waals surface area contributed by atoms with Gasteiger partial charge in [-0.1, -0.05) is 27.7 Å². The van der Waals surface area contributed by atoms with E-state index in [1.165, 1.54) is 0 Å². The Hall–Kier alpha value is -0.650. The molecule has 5 rings (SSSR count). The minimum absolute atomic E-state index is 0.00789. The van der Waals surface area contributed by atoms with Crippen LogP contribution in [-0.2, 0) is 9.53 Å². The highest BCUT2D eigenvalue weighted by Gasteiger charge is 2.66. The fraction of sp³-hybridized carbons (Fsp3) is 0.963. The maximum Gasteiger partial charge on any atom is 0.308 e. The molecule has 5 aliphatic rings. The molecule has 0 spiro atoms. The van der Waals surface area contributed by atoms with Crippen molar-refractivity contribution in [3.8, 4) is 0 Å². The summed E-state index contributed by atoms with van der Waals surface area (Å²) in [5, 5.41) is 33.4. The first-order chi connectivity index (χ1) is 15.1. The van der Waals surface area contributed by atoms with Crippen LogP contribution in [0.2, 0.25) is 0 Å². The van der Waals surface area contributed by atoms with Crippen molar-refractivity contribution >= 4 is 5.97 Å². The molecule has 13 atom stereocenters. The predicted molar refractivity (Wildman–Crippen MR) is 121 cm³/mol. The van der Waals surface area contributed by atoms with Gasteiger partial charge in [0.05, 0.1) is 24.2 Å². The van der Waals surface area contributed by atoms with Gasteiger partial charge in [-0.2, -0.15) is 0 Å². The Labute approximate surface area is 193 Å². The van der Waals surface area contributed by atoms with Gasteiger partial charge in [0, 0.05) is 0 Å². The summed E-state index contributed by atoms with van der Waals surface area (Å²) in [5.74, 6) is 1.65. The summed E-state index contributed by atoms with van der Waals surface area (Å²) in [7, 11) is 0. The van der Waals surface area contributed by atoms with Gasteiger partial charge >= 0.3 is 5.97 Å². The predicted octanol–water partition coefficient (Wildman–Crippen LogP) is 3.93. The molecule has 0 radical (unpaired) electrons. The van der Waals surface area contributed by atoms with Crippen LogP contribution in [0.5, 0.6) is 0 Å². The summed E-state index contributed by atoms with van der Waals surface area (Å²) in [6, 6.07) is 0. The molecular weight excluding hydrogens is 404 g/mol. The summed E-state index contributed by atoms with van der Waals surface area (Å²) < 4.78 is 5.86. The number of cyclic esters (lactones) is 1. The molecule has 4 saturated carbocycles. The molecule has 1 heterocycles. The SMILES string of the molecule is C[C@H]([C@@H]1CC[C@@H](C)C(=O)O1)[C@H]1CC[C@H]2[C@@H]3[C@H](O)C[C@@H]4C[C@H](O)CC[C@]4(C)[C@@H]3C[C@H](O)[C@]12C. The van der Waals surface area contributed by atoms with Gasteiger partial charge in [-0.25, -0.2) is 0 Å².